The first-order valence-corrected chi connectivity index (χ1v) is 10.8. The van der Waals surface area contributed by atoms with Crippen molar-refractivity contribution in [2.24, 2.45) is 0 Å². The van der Waals surface area contributed by atoms with Gasteiger partial charge in [-0.3, -0.25) is 9.59 Å². The van der Waals surface area contributed by atoms with E-state index in [-0.39, 0.29) is 11.8 Å². The van der Waals surface area contributed by atoms with Crippen LogP contribution in [0.2, 0.25) is 0 Å². The quantitative estimate of drug-likeness (QED) is 0.607. The third-order valence-corrected chi connectivity index (χ3v) is 6.16. The normalized spacial score (nSPS) is 14.5. The molecule has 154 valence electrons. The zero-order chi connectivity index (χ0) is 21.1. The molecule has 1 saturated heterocycles. The molecule has 0 saturated carbocycles. The molecule has 2 amide bonds. The third-order valence-electron chi connectivity index (χ3n) is 5.32. The summed E-state index contributed by atoms with van der Waals surface area (Å²) in [5.74, 6) is -0.0341. The predicted molar refractivity (Wildman–Crippen MR) is 119 cm³/mol. The van der Waals surface area contributed by atoms with E-state index in [9.17, 15) is 9.59 Å². The molecule has 6 nitrogen and oxygen atoms in total. The van der Waals surface area contributed by atoms with Crippen LogP contribution in [0.1, 0.15) is 26.6 Å². The monoisotopic (exact) mass is 420 g/mol. The Morgan fingerprint density at radius 2 is 1.67 bits per heavy atom. The number of aryl methyl sites for hydroxylation is 1. The molecule has 2 aromatic heterocycles. The molecule has 0 bridgehead atoms. The van der Waals surface area contributed by atoms with Gasteiger partial charge >= 0.3 is 0 Å². The van der Waals surface area contributed by atoms with Crippen molar-refractivity contribution < 1.29 is 9.59 Å². The van der Waals surface area contributed by atoms with Gasteiger partial charge in [-0.1, -0.05) is 24.3 Å². The van der Waals surface area contributed by atoms with E-state index in [0.29, 0.717) is 31.7 Å². The van der Waals surface area contributed by atoms with E-state index < -0.39 is 0 Å². The van der Waals surface area contributed by atoms with E-state index in [2.05, 4.69) is 5.10 Å². The number of para-hydroxylation sites is 1. The molecule has 0 spiro atoms. The highest BCUT2D eigenvalue weighted by atomic mass is 32.1. The van der Waals surface area contributed by atoms with Crippen LogP contribution in [0.25, 0.3) is 11.8 Å². The van der Waals surface area contributed by atoms with E-state index in [1.807, 2.05) is 77.3 Å². The molecule has 1 fully saturated rings. The largest absolute Gasteiger partial charge is 0.336 e. The molecule has 0 atom stereocenters. The standard InChI is InChI=1S/C23H24N4O2S/c1-17-22(18(2)27(24-17)19-7-4-3-5-8-19)23(29)26-14-12-25(13-15-26)21(28)11-10-20-9-6-16-30-20/h3-11,16H,12-15H2,1-2H3. The van der Waals surface area contributed by atoms with Crippen LogP contribution in [0, 0.1) is 13.8 Å². The number of amides is 2. The third kappa shape index (κ3) is 4.07. The number of thiophene rings is 1. The van der Waals surface area contributed by atoms with Gasteiger partial charge in [-0.15, -0.1) is 11.3 Å². The summed E-state index contributed by atoms with van der Waals surface area (Å²) in [5.41, 5.74) is 3.14. The van der Waals surface area contributed by atoms with Crippen LogP contribution in [0.4, 0.5) is 0 Å². The first-order valence-electron chi connectivity index (χ1n) is 9.96. The van der Waals surface area contributed by atoms with Gasteiger partial charge in [0.15, 0.2) is 0 Å². The molecule has 0 unspecified atom stereocenters. The second kappa shape index (κ2) is 8.67. The Hall–Kier alpha value is -3.19. The highest BCUT2D eigenvalue weighted by Gasteiger charge is 2.28. The van der Waals surface area contributed by atoms with Gasteiger partial charge in [0.2, 0.25) is 5.91 Å². The topological polar surface area (TPSA) is 58.4 Å². The number of hydrogen-bond acceptors (Lipinski definition) is 4. The Kier molecular flexibility index (Phi) is 5.81. The van der Waals surface area contributed by atoms with Crippen LogP contribution in [0.3, 0.4) is 0 Å². The van der Waals surface area contributed by atoms with Crippen LogP contribution in [0.5, 0.6) is 0 Å². The lowest BCUT2D eigenvalue weighted by atomic mass is 10.1. The summed E-state index contributed by atoms with van der Waals surface area (Å²) in [6.07, 6.45) is 3.46. The molecule has 0 N–H and O–H groups in total. The van der Waals surface area contributed by atoms with Crippen molar-refractivity contribution in [1.82, 2.24) is 19.6 Å². The highest BCUT2D eigenvalue weighted by molar-refractivity contribution is 7.10. The minimum atomic E-state index is -0.0200. The van der Waals surface area contributed by atoms with Crippen molar-refractivity contribution in [3.8, 4) is 5.69 Å². The van der Waals surface area contributed by atoms with Gasteiger partial charge < -0.3 is 9.80 Å². The minimum absolute atomic E-state index is 0.0141. The average molecular weight is 421 g/mol. The van der Waals surface area contributed by atoms with E-state index in [4.69, 9.17) is 0 Å². The van der Waals surface area contributed by atoms with Crippen molar-refractivity contribution in [1.29, 1.82) is 0 Å². The van der Waals surface area contributed by atoms with Gasteiger partial charge in [0, 0.05) is 37.1 Å². The maximum absolute atomic E-state index is 13.2. The van der Waals surface area contributed by atoms with Crippen molar-refractivity contribution in [3.63, 3.8) is 0 Å². The Morgan fingerprint density at radius 1 is 0.967 bits per heavy atom. The van der Waals surface area contributed by atoms with Crippen LogP contribution >= 0.6 is 11.3 Å². The van der Waals surface area contributed by atoms with E-state index in [1.165, 1.54) is 0 Å². The van der Waals surface area contributed by atoms with Gasteiger partial charge in [0.25, 0.3) is 5.91 Å². The number of benzene rings is 1. The van der Waals surface area contributed by atoms with Gasteiger partial charge in [-0.25, -0.2) is 4.68 Å². The lowest BCUT2D eigenvalue weighted by Gasteiger charge is -2.34. The summed E-state index contributed by atoms with van der Waals surface area (Å²) < 4.78 is 1.82. The van der Waals surface area contributed by atoms with Crippen LogP contribution in [-0.2, 0) is 4.79 Å². The summed E-state index contributed by atoms with van der Waals surface area (Å²) >= 11 is 1.60. The number of carbonyl (C=O) groups excluding carboxylic acids is 2. The maximum atomic E-state index is 13.2. The molecule has 30 heavy (non-hydrogen) atoms. The zero-order valence-electron chi connectivity index (χ0n) is 17.1. The number of carbonyl (C=O) groups is 2. The molecule has 3 heterocycles. The number of rotatable bonds is 4. The number of aromatic nitrogens is 2. The zero-order valence-corrected chi connectivity index (χ0v) is 17.9. The Morgan fingerprint density at radius 3 is 2.33 bits per heavy atom. The summed E-state index contributed by atoms with van der Waals surface area (Å²) in [6.45, 7) is 5.90. The van der Waals surface area contributed by atoms with Crippen LogP contribution in [0.15, 0.2) is 53.9 Å². The molecular formula is C23H24N4O2S. The second-order valence-electron chi connectivity index (χ2n) is 7.26. The number of hydrogen-bond donors (Lipinski definition) is 0. The smallest absolute Gasteiger partial charge is 0.257 e. The lowest BCUT2D eigenvalue weighted by Crippen LogP contribution is -2.50. The van der Waals surface area contributed by atoms with E-state index in [1.54, 1.807) is 22.3 Å². The summed E-state index contributed by atoms with van der Waals surface area (Å²) in [7, 11) is 0. The fraction of sp³-hybridized carbons (Fsp3) is 0.261. The van der Waals surface area contributed by atoms with Gasteiger partial charge in [0.05, 0.1) is 22.6 Å². The number of piperazine rings is 1. The maximum Gasteiger partial charge on any atom is 0.257 e. The molecule has 0 radical (unpaired) electrons. The molecule has 1 aliphatic rings. The molecule has 4 rings (SSSR count). The van der Waals surface area contributed by atoms with Gasteiger partial charge in [0.1, 0.15) is 0 Å². The van der Waals surface area contributed by atoms with Crippen molar-refractivity contribution >= 4 is 29.2 Å². The van der Waals surface area contributed by atoms with E-state index in [0.717, 1.165) is 22.0 Å². The second-order valence-corrected chi connectivity index (χ2v) is 8.24. The van der Waals surface area contributed by atoms with Gasteiger partial charge in [-0.05, 0) is 43.5 Å². The summed E-state index contributed by atoms with van der Waals surface area (Å²) in [6, 6.07) is 13.8. The predicted octanol–water partition coefficient (Wildman–Crippen LogP) is 3.55. The van der Waals surface area contributed by atoms with E-state index >= 15 is 0 Å². The average Bonchev–Trinajstić information content (AvgIpc) is 3.40. The fourth-order valence-corrected chi connectivity index (χ4v) is 4.32. The van der Waals surface area contributed by atoms with Crippen LogP contribution < -0.4 is 0 Å². The Bertz CT molecular complexity index is 1060. The first-order chi connectivity index (χ1) is 14.5. The minimum Gasteiger partial charge on any atom is -0.336 e. The summed E-state index contributed by atoms with van der Waals surface area (Å²) in [4.78, 5) is 30.3. The molecule has 7 heteroatoms. The van der Waals surface area contributed by atoms with Crippen molar-refractivity contribution in [2.75, 3.05) is 26.2 Å². The molecule has 1 aromatic carbocycles. The molecule has 0 aliphatic carbocycles. The summed E-state index contributed by atoms with van der Waals surface area (Å²) in [5, 5.41) is 6.57. The molecular weight excluding hydrogens is 396 g/mol. The first kappa shape index (κ1) is 20.1. The fourth-order valence-electron chi connectivity index (χ4n) is 3.71. The van der Waals surface area contributed by atoms with Gasteiger partial charge in [-0.2, -0.15) is 5.10 Å². The molecule has 1 aliphatic heterocycles. The SMILES string of the molecule is Cc1nn(-c2ccccc2)c(C)c1C(=O)N1CCN(C(=O)C=Cc2cccs2)CC1. The van der Waals surface area contributed by atoms with Crippen molar-refractivity contribution in [3.05, 3.63) is 75.7 Å². The van der Waals surface area contributed by atoms with Crippen LogP contribution in [-0.4, -0.2) is 57.6 Å². The number of nitrogens with zero attached hydrogens (tertiary/aromatic N) is 4. The highest BCUT2D eigenvalue weighted by Crippen LogP contribution is 2.20. The Balaban J connectivity index is 1.42. The van der Waals surface area contributed by atoms with Crippen molar-refractivity contribution in [2.45, 2.75) is 13.8 Å². The molecule has 3 aromatic rings. The lowest BCUT2D eigenvalue weighted by molar-refractivity contribution is -0.127. The Labute approximate surface area is 180 Å².